The molecule has 3 aromatic heterocycles. The Hall–Kier alpha value is -5.05. The van der Waals surface area contributed by atoms with Gasteiger partial charge in [-0.1, -0.05) is 0 Å². The number of rotatable bonds is 9. The Bertz CT molecular complexity index is 2330. The fraction of sp³-hybridized carbons (Fsp3) is 0.371. The molecule has 8 rings (SSSR count). The summed E-state index contributed by atoms with van der Waals surface area (Å²) in [6, 6.07) is 9.80. The number of amides is 1. The molecule has 1 atom stereocenters. The smallest absolute Gasteiger partial charge is 0.256 e. The number of aromatic amines is 1. The number of aromatic nitrogens is 2. The van der Waals surface area contributed by atoms with E-state index in [0.717, 1.165) is 38.9 Å². The molecule has 0 aliphatic carbocycles. The van der Waals surface area contributed by atoms with Gasteiger partial charge in [0.25, 0.3) is 5.91 Å². The number of halogens is 1. The summed E-state index contributed by atoms with van der Waals surface area (Å²) in [7, 11) is 2.08. The number of morpholine rings is 1. The lowest BCUT2D eigenvalue weighted by atomic mass is 10.1. The first-order valence-corrected chi connectivity index (χ1v) is 16.6. The highest BCUT2D eigenvalue weighted by atomic mass is 19.1. The maximum absolute atomic E-state index is 16.0. The van der Waals surface area contributed by atoms with Crippen LogP contribution in [0.5, 0.6) is 0 Å². The van der Waals surface area contributed by atoms with Crippen molar-refractivity contribution in [3.63, 3.8) is 0 Å². The third-order valence-electron chi connectivity index (χ3n) is 9.80. The topological polar surface area (TPSA) is 150 Å². The number of carbonyl (C=O) groups excluding carboxylic acids is 1. The van der Waals surface area contributed by atoms with Gasteiger partial charge in [-0.3, -0.25) is 14.5 Å². The largest absolute Gasteiger partial charge is 0.453 e. The molecule has 0 spiro atoms. The predicted molar refractivity (Wildman–Crippen MR) is 185 cm³/mol. The van der Waals surface area contributed by atoms with Crippen LogP contribution in [-0.2, 0) is 4.74 Å². The van der Waals surface area contributed by atoms with Crippen LogP contribution in [0.25, 0.3) is 49.8 Å². The Morgan fingerprint density at radius 1 is 1.04 bits per heavy atom. The van der Waals surface area contributed by atoms with Crippen molar-refractivity contribution in [3.05, 3.63) is 69.1 Å². The van der Waals surface area contributed by atoms with Gasteiger partial charge in [0.1, 0.15) is 22.5 Å². The Kier molecular flexibility index (Phi) is 8.14. The molecule has 0 radical (unpaired) electrons. The van der Waals surface area contributed by atoms with Gasteiger partial charge in [-0.25, -0.2) is 4.39 Å². The van der Waals surface area contributed by atoms with Crippen molar-refractivity contribution in [2.45, 2.75) is 25.3 Å². The average molecular weight is 670 g/mol. The summed E-state index contributed by atoms with van der Waals surface area (Å²) in [5, 5.41) is 9.15. The second kappa shape index (κ2) is 12.8. The number of H-pyrrole nitrogens is 1. The minimum Gasteiger partial charge on any atom is -0.453 e. The van der Waals surface area contributed by atoms with Crippen molar-refractivity contribution >= 4 is 67.1 Å². The zero-order valence-electron chi connectivity index (χ0n) is 27.0. The van der Waals surface area contributed by atoms with E-state index in [1.165, 1.54) is 18.3 Å². The van der Waals surface area contributed by atoms with E-state index >= 15 is 4.39 Å². The van der Waals surface area contributed by atoms with Gasteiger partial charge in [-0.05, 0) is 56.2 Å². The standard InChI is InChI=1S/C35H36FN7O6/c1-41-9-2-3-21(41)6-7-38-35(45)23-19-43-27-18-29-26(39-25-5-4-20(40-46)15-28(25)48-29)17-30(27)49-34-31(24(36)16-22(32(34)43)33(23)44)37-8-10-42-11-13-47-14-12-42/h4-5,15-19,21,37,39H,2-3,6-14H2,1H3,(H,38,45). The van der Waals surface area contributed by atoms with Crippen LogP contribution < -0.4 is 16.1 Å². The van der Waals surface area contributed by atoms with E-state index in [9.17, 15) is 14.5 Å². The lowest BCUT2D eigenvalue weighted by molar-refractivity contribution is 0.0398. The summed E-state index contributed by atoms with van der Waals surface area (Å²) in [6.07, 6.45) is 4.44. The molecular formula is C35H36FN7O6. The summed E-state index contributed by atoms with van der Waals surface area (Å²) < 4.78 is 35.7. The average Bonchev–Trinajstić information content (AvgIpc) is 3.52. The van der Waals surface area contributed by atoms with Crippen molar-refractivity contribution in [2.75, 3.05) is 64.8 Å². The number of hydrogen-bond acceptors (Lipinski definition) is 10. The molecule has 254 valence electrons. The van der Waals surface area contributed by atoms with E-state index in [-0.39, 0.29) is 27.9 Å². The molecule has 1 unspecified atom stereocenters. The highest BCUT2D eigenvalue weighted by Gasteiger charge is 2.25. The second-order valence-electron chi connectivity index (χ2n) is 12.8. The number of carbonyl (C=O) groups is 1. The fourth-order valence-corrected chi connectivity index (χ4v) is 7.13. The molecule has 6 aromatic rings. The number of nitrogens with one attached hydrogen (secondary N) is 3. The van der Waals surface area contributed by atoms with E-state index in [0.29, 0.717) is 77.7 Å². The molecule has 0 saturated carbocycles. The molecule has 49 heavy (non-hydrogen) atoms. The first-order chi connectivity index (χ1) is 23.9. The number of likely N-dealkylation sites (tertiary alicyclic amines) is 1. The van der Waals surface area contributed by atoms with Crippen LogP contribution in [-0.4, -0.2) is 90.7 Å². The number of anilines is 1. The van der Waals surface area contributed by atoms with Crippen molar-refractivity contribution in [1.82, 2.24) is 24.5 Å². The molecule has 3 N–H and O–H groups in total. The maximum Gasteiger partial charge on any atom is 0.256 e. The van der Waals surface area contributed by atoms with E-state index < -0.39 is 17.2 Å². The molecule has 5 heterocycles. The van der Waals surface area contributed by atoms with Crippen molar-refractivity contribution in [2.24, 2.45) is 5.18 Å². The molecule has 0 bridgehead atoms. The SMILES string of the molecule is CN1CCCC1CCNC(=O)c1cn2c3cc4oc5cc(N=O)ccc5[nH]c4cc3oc3c(NCCN4CCOCC4)c(F)cc(c1=O)c32. The first-order valence-electron chi connectivity index (χ1n) is 16.6. The van der Waals surface area contributed by atoms with E-state index in [4.69, 9.17) is 13.6 Å². The third-order valence-corrected chi connectivity index (χ3v) is 9.80. The summed E-state index contributed by atoms with van der Waals surface area (Å²) in [4.78, 5) is 46.4. The first kappa shape index (κ1) is 31.2. The highest BCUT2D eigenvalue weighted by Crippen LogP contribution is 2.35. The van der Waals surface area contributed by atoms with Gasteiger partial charge in [0.05, 0.1) is 35.2 Å². The lowest BCUT2D eigenvalue weighted by Gasteiger charge is -2.26. The minimum atomic E-state index is -0.661. The number of pyridine rings is 1. The van der Waals surface area contributed by atoms with Crippen LogP contribution in [0.1, 0.15) is 29.6 Å². The van der Waals surface area contributed by atoms with Gasteiger partial charge < -0.3 is 38.5 Å². The number of hydrogen-bond donors (Lipinski definition) is 3. The molecule has 13 nitrogen and oxygen atoms in total. The van der Waals surface area contributed by atoms with Crippen molar-refractivity contribution in [1.29, 1.82) is 0 Å². The number of nitrogens with zero attached hydrogens (tertiary/aromatic N) is 4. The Morgan fingerprint density at radius 3 is 2.67 bits per heavy atom. The molecule has 3 aromatic carbocycles. The van der Waals surface area contributed by atoms with Crippen LogP contribution in [0, 0.1) is 10.7 Å². The molecule has 1 amide bonds. The molecule has 2 aliphatic heterocycles. The second-order valence-corrected chi connectivity index (χ2v) is 12.8. The number of nitroso groups, excluding NO2 is 1. The van der Waals surface area contributed by atoms with Gasteiger partial charge >= 0.3 is 0 Å². The summed E-state index contributed by atoms with van der Waals surface area (Å²) in [5.74, 6) is -1.19. The number of benzene rings is 3. The normalized spacial score (nSPS) is 17.6. The molecule has 14 heteroatoms. The Morgan fingerprint density at radius 2 is 1.88 bits per heavy atom. The fourth-order valence-electron chi connectivity index (χ4n) is 7.13. The highest BCUT2D eigenvalue weighted by molar-refractivity contribution is 6.07. The molecule has 2 saturated heterocycles. The minimum absolute atomic E-state index is 0.0175. The van der Waals surface area contributed by atoms with Gasteiger partial charge in [-0.2, -0.15) is 0 Å². The zero-order chi connectivity index (χ0) is 33.6. The molecule has 2 aliphatic rings. The van der Waals surface area contributed by atoms with Crippen LogP contribution >= 0.6 is 0 Å². The Labute approximate surface area is 278 Å². The maximum atomic E-state index is 16.0. The third kappa shape index (κ3) is 5.75. The van der Waals surface area contributed by atoms with E-state index in [1.807, 2.05) is 0 Å². The van der Waals surface area contributed by atoms with Crippen LogP contribution in [0.3, 0.4) is 0 Å². The zero-order valence-corrected chi connectivity index (χ0v) is 27.0. The van der Waals surface area contributed by atoms with Crippen molar-refractivity contribution in [3.8, 4) is 0 Å². The number of fused-ring (bicyclic) bond motifs is 4. The van der Waals surface area contributed by atoms with Crippen molar-refractivity contribution < 1.29 is 22.8 Å². The summed E-state index contributed by atoms with van der Waals surface area (Å²) in [6.45, 7) is 5.40. The summed E-state index contributed by atoms with van der Waals surface area (Å²) >= 11 is 0. The Balaban J connectivity index is 1.27. The van der Waals surface area contributed by atoms with E-state index in [1.54, 1.807) is 28.7 Å². The van der Waals surface area contributed by atoms with Crippen LogP contribution in [0.4, 0.5) is 15.8 Å². The quantitative estimate of drug-likeness (QED) is 0.103. The number of ether oxygens (including phenoxy) is 1. The molecule has 2 fully saturated rings. The van der Waals surface area contributed by atoms with Gasteiger partial charge in [0.15, 0.2) is 28.1 Å². The predicted octanol–water partition coefficient (Wildman–Crippen LogP) is 5.48. The van der Waals surface area contributed by atoms with E-state index in [2.05, 4.69) is 37.6 Å². The van der Waals surface area contributed by atoms with Gasteiger partial charge in [0, 0.05) is 63.2 Å². The van der Waals surface area contributed by atoms with Crippen LogP contribution in [0.15, 0.2) is 61.4 Å². The monoisotopic (exact) mass is 669 g/mol. The molecular weight excluding hydrogens is 633 g/mol. The van der Waals surface area contributed by atoms with Gasteiger partial charge in [0.2, 0.25) is 5.43 Å². The lowest BCUT2D eigenvalue weighted by Crippen LogP contribution is -2.39. The van der Waals surface area contributed by atoms with Gasteiger partial charge in [-0.15, -0.1) is 4.91 Å². The summed E-state index contributed by atoms with van der Waals surface area (Å²) in [5.41, 5.74) is 3.00. The van der Waals surface area contributed by atoms with Crippen LogP contribution in [0.2, 0.25) is 0 Å².